The highest BCUT2D eigenvalue weighted by Crippen LogP contribution is 2.49. The van der Waals surface area contributed by atoms with Crippen LogP contribution in [0, 0.1) is 6.92 Å². The summed E-state index contributed by atoms with van der Waals surface area (Å²) in [5.74, 6) is 1.06. The molecule has 3 aromatic carbocycles. The van der Waals surface area contributed by atoms with Crippen molar-refractivity contribution in [2.75, 3.05) is 0 Å². The number of hydrogen-bond donors (Lipinski definition) is 2. The number of rotatable bonds is 2. The summed E-state index contributed by atoms with van der Waals surface area (Å²) in [6.07, 6.45) is -0.313. The molecule has 3 aromatic rings. The highest BCUT2D eigenvalue weighted by atomic mass is 16.5. The second-order valence-electron chi connectivity index (χ2n) is 6.65. The first-order valence-corrected chi connectivity index (χ1v) is 8.60. The molecular formula is C23H20O3. The van der Waals surface area contributed by atoms with Gasteiger partial charge >= 0.3 is 0 Å². The third-order valence-electron chi connectivity index (χ3n) is 4.83. The van der Waals surface area contributed by atoms with Gasteiger partial charge in [-0.3, -0.25) is 0 Å². The molecule has 0 spiro atoms. The largest absolute Gasteiger partial charge is 0.508 e. The van der Waals surface area contributed by atoms with Gasteiger partial charge in [-0.2, -0.15) is 0 Å². The maximum absolute atomic E-state index is 10.4. The molecule has 0 aromatic heterocycles. The van der Waals surface area contributed by atoms with E-state index in [4.69, 9.17) is 4.74 Å². The van der Waals surface area contributed by atoms with Crippen LogP contribution < -0.4 is 4.74 Å². The van der Waals surface area contributed by atoms with Crippen LogP contribution in [0.5, 0.6) is 17.2 Å². The lowest BCUT2D eigenvalue weighted by Crippen LogP contribution is -2.16. The quantitative estimate of drug-likeness (QED) is 0.648. The smallest absolute Gasteiger partial charge is 0.150 e. The highest BCUT2D eigenvalue weighted by Gasteiger charge is 2.30. The lowest BCUT2D eigenvalue weighted by molar-refractivity contribution is 0.258. The first kappa shape index (κ1) is 16.3. The van der Waals surface area contributed by atoms with Gasteiger partial charge in [-0.05, 0) is 54.8 Å². The molecule has 1 aliphatic heterocycles. The molecule has 1 aliphatic rings. The van der Waals surface area contributed by atoms with Crippen molar-refractivity contribution in [3.63, 3.8) is 0 Å². The fourth-order valence-corrected chi connectivity index (χ4v) is 3.53. The Morgan fingerprint density at radius 2 is 1.58 bits per heavy atom. The molecule has 3 nitrogen and oxygen atoms in total. The molecule has 0 saturated heterocycles. The van der Waals surface area contributed by atoms with Crippen LogP contribution in [0.2, 0.25) is 0 Å². The molecule has 0 saturated carbocycles. The standard InChI is InChI=1S/C23H20O3/c1-14-9-11-16(12-10-14)23-21(17-5-3-6-18(24)13-17)15(2)22-19(25)7-4-8-20(22)26-23/h3-13,23-25H,1-2H3. The lowest BCUT2D eigenvalue weighted by atomic mass is 9.85. The molecule has 130 valence electrons. The third-order valence-corrected chi connectivity index (χ3v) is 4.83. The minimum atomic E-state index is -0.313. The van der Waals surface area contributed by atoms with E-state index in [-0.39, 0.29) is 17.6 Å². The molecule has 1 atom stereocenters. The Hall–Kier alpha value is -3.20. The zero-order valence-electron chi connectivity index (χ0n) is 14.7. The molecule has 0 bridgehead atoms. The molecule has 1 heterocycles. The van der Waals surface area contributed by atoms with Crippen molar-refractivity contribution in [1.82, 2.24) is 0 Å². The fraction of sp³-hybridized carbons (Fsp3) is 0.130. The molecule has 0 amide bonds. The number of phenols is 2. The summed E-state index contributed by atoms with van der Waals surface area (Å²) >= 11 is 0. The average molecular weight is 344 g/mol. The van der Waals surface area contributed by atoms with Crippen molar-refractivity contribution in [1.29, 1.82) is 0 Å². The van der Waals surface area contributed by atoms with Gasteiger partial charge in [0.25, 0.3) is 0 Å². The normalized spacial score (nSPS) is 16.2. The Morgan fingerprint density at radius 3 is 2.31 bits per heavy atom. The van der Waals surface area contributed by atoms with Crippen LogP contribution >= 0.6 is 0 Å². The van der Waals surface area contributed by atoms with Crippen LogP contribution in [-0.4, -0.2) is 10.2 Å². The van der Waals surface area contributed by atoms with Crippen LogP contribution in [0.1, 0.15) is 35.3 Å². The highest BCUT2D eigenvalue weighted by molar-refractivity contribution is 5.97. The summed E-state index contributed by atoms with van der Waals surface area (Å²) in [5, 5.41) is 20.3. The molecule has 26 heavy (non-hydrogen) atoms. The van der Waals surface area contributed by atoms with Crippen molar-refractivity contribution >= 4 is 11.1 Å². The zero-order chi connectivity index (χ0) is 18.3. The number of benzene rings is 3. The van der Waals surface area contributed by atoms with Crippen molar-refractivity contribution in [3.8, 4) is 17.2 Å². The first-order chi connectivity index (χ1) is 12.5. The van der Waals surface area contributed by atoms with Gasteiger partial charge < -0.3 is 14.9 Å². The molecule has 4 rings (SSSR count). The van der Waals surface area contributed by atoms with E-state index in [0.29, 0.717) is 11.3 Å². The number of aromatic hydroxyl groups is 2. The van der Waals surface area contributed by atoms with Crippen molar-refractivity contribution in [2.45, 2.75) is 20.0 Å². The Labute approximate surface area is 152 Å². The fourth-order valence-electron chi connectivity index (χ4n) is 3.53. The Bertz CT molecular complexity index is 1000. The van der Waals surface area contributed by atoms with E-state index in [2.05, 4.69) is 31.2 Å². The van der Waals surface area contributed by atoms with Gasteiger partial charge in [-0.25, -0.2) is 0 Å². The van der Waals surface area contributed by atoms with Gasteiger partial charge in [0.15, 0.2) is 0 Å². The molecule has 0 aliphatic carbocycles. The Morgan fingerprint density at radius 1 is 0.846 bits per heavy atom. The average Bonchev–Trinajstić information content (AvgIpc) is 2.62. The summed E-state index contributed by atoms with van der Waals surface area (Å²) in [5.41, 5.74) is 5.68. The molecule has 0 radical (unpaired) electrons. The minimum Gasteiger partial charge on any atom is -0.508 e. The van der Waals surface area contributed by atoms with Gasteiger partial charge in [-0.1, -0.05) is 48.0 Å². The summed E-state index contributed by atoms with van der Waals surface area (Å²) in [4.78, 5) is 0. The van der Waals surface area contributed by atoms with E-state index < -0.39 is 0 Å². The first-order valence-electron chi connectivity index (χ1n) is 8.60. The van der Waals surface area contributed by atoms with Crippen LogP contribution in [0.4, 0.5) is 0 Å². The number of allylic oxidation sites excluding steroid dienone is 1. The van der Waals surface area contributed by atoms with Crippen LogP contribution in [0.25, 0.3) is 11.1 Å². The topological polar surface area (TPSA) is 49.7 Å². The van der Waals surface area contributed by atoms with E-state index >= 15 is 0 Å². The van der Waals surface area contributed by atoms with Gasteiger partial charge in [-0.15, -0.1) is 0 Å². The van der Waals surface area contributed by atoms with E-state index in [1.807, 2.05) is 25.1 Å². The van der Waals surface area contributed by atoms with Crippen molar-refractivity contribution in [3.05, 3.63) is 89.0 Å². The summed E-state index contributed by atoms with van der Waals surface area (Å²) in [6.45, 7) is 4.04. The summed E-state index contributed by atoms with van der Waals surface area (Å²) in [7, 11) is 0. The van der Waals surface area contributed by atoms with E-state index in [1.165, 1.54) is 5.56 Å². The van der Waals surface area contributed by atoms with Crippen LogP contribution in [0.3, 0.4) is 0 Å². The van der Waals surface area contributed by atoms with E-state index in [0.717, 1.165) is 22.3 Å². The second kappa shape index (κ2) is 6.26. The van der Waals surface area contributed by atoms with Crippen molar-refractivity contribution in [2.24, 2.45) is 0 Å². The molecular weight excluding hydrogens is 324 g/mol. The maximum atomic E-state index is 10.4. The number of fused-ring (bicyclic) bond motifs is 1. The SMILES string of the molecule is CC1=C(c2cccc(O)c2)C(c2ccc(C)cc2)Oc2cccc(O)c21. The monoisotopic (exact) mass is 344 g/mol. The van der Waals surface area contributed by atoms with Gasteiger partial charge in [0.05, 0.1) is 5.56 Å². The Kier molecular flexibility index (Phi) is 3.92. The molecule has 3 heteroatoms. The van der Waals surface area contributed by atoms with E-state index in [1.54, 1.807) is 24.3 Å². The molecule has 0 fully saturated rings. The van der Waals surface area contributed by atoms with Gasteiger partial charge in [0, 0.05) is 5.57 Å². The predicted molar refractivity (Wildman–Crippen MR) is 103 cm³/mol. The van der Waals surface area contributed by atoms with Crippen molar-refractivity contribution < 1.29 is 14.9 Å². The summed E-state index contributed by atoms with van der Waals surface area (Å²) < 4.78 is 6.32. The predicted octanol–water partition coefficient (Wildman–Crippen LogP) is 5.47. The van der Waals surface area contributed by atoms with Crippen LogP contribution in [0.15, 0.2) is 66.7 Å². The molecule has 1 unspecified atom stereocenters. The number of phenolic OH excluding ortho intramolecular Hbond substituents is 2. The minimum absolute atomic E-state index is 0.194. The molecule has 2 N–H and O–H groups in total. The number of ether oxygens (including phenoxy) is 1. The zero-order valence-corrected chi connectivity index (χ0v) is 14.7. The number of aryl methyl sites for hydroxylation is 1. The van der Waals surface area contributed by atoms with E-state index in [9.17, 15) is 10.2 Å². The Balaban J connectivity index is 1.97. The van der Waals surface area contributed by atoms with Gasteiger partial charge in [0.1, 0.15) is 23.4 Å². The lowest BCUT2D eigenvalue weighted by Gasteiger charge is -2.31. The summed E-state index contributed by atoms with van der Waals surface area (Å²) in [6, 6.07) is 20.7. The number of hydrogen-bond acceptors (Lipinski definition) is 3. The van der Waals surface area contributed by atoms with Gasteiger partial charge in [0.2, 0.25) is 0 Å². The van der Waals surface area contributed by atoms with Crippen LogP contribution in [-0.2, 0) is 0 Å². The maximum Gasteiger partial charge on any atom is 0.150 e. The third kappa shape index (κ3) is 2.72. The second-order valence-corrected chi connectivity index (χ2v) is 6.65.